The Morgan fingerprint density at radius 3 is 2.16 bits per heavy atom. The highest BCUT2D eigenvalue weighted by atomic mass is 35.5. The third-order valence-electron chi connectivity index (χ3n) is 14.8. The molecule has 8 rings (SSSR count). The van der Waals surface area contributed by atoms with Gasteiger partial charge < -0.3 is 14.6 Å². The summed E-state index contributed by atoms with van der Waals surface area (Å²) in [6.45, 7) is 3.04. The topological polar surface area (TPSA) is 54.0 Å². The maximum Gasteiger partial charge on any atom is 0.417 e. The van der Waals surface area contributed by atoms with Crippen molar-refractivity contribution in [2.24, 2.45) is 35.5 Å². The van der Waals surface area contributed by atoms with E-state index in [-0.39, 0.29) is 17.5 Å². The Bertz CT molecular complexity index is 1930. The lowest BCUT2D eigenvalue weighted by Gasteiger charge is -2.52. The number of fused-ring (bicyclic) bond motifs is 5. The molecule has 0 amide bonds. The zero-order valence-electron chi connectivity index (χ0n) is 35.5. The molecule has 5 nitrogen and oxygen atoms in total. The molecule has 4 saturated carbocycles. The number of nitrogens with zero attached hydrogens (tertiary/aromatic N) is 1. The second-order valence-electron chi connectivity index (χ2n) is 18.5. The van der Waals surface area contributed by atoms with Crippen LogP contribution in [0.1, 0.15) is 104 Å². The molecule has 0 heterocycles. The zero-order valence-corrected chi connectivity index (χ0v) is 36.2. The molecule has 0 bridgehead atoms. The van der Waals surface area contributed by atoms with Crippen molar-refractivity contribution in [3.8, 4) is 5.75 Å². The number of rotatable bonds is 18. The molecule has 2 N–H and O–H groups in total. The fourth-order valence-corrected chi connectivity index (χ4v) is 12.3. The molecule has 8 atom stereocenters. The molecule has 0 aliphatic heterocycles. The monoisotopic (exact) mass is 856 g/mol. The maximum atomic E-state index is 13.8. The number of hydrogen-bond acceptors (Lipinski definition) is 5. The second-order valence-corrected chi connectivity index (χ2v) is 18.9. The normalized spacial score (nSPS) is 25.5. The summed E-state index contributed by atoms with van der Waals surface area (Å²) in [6, 6.07) is 32.4. The van der Waals surface area contributed by atoms with E-state index >= 15 is 0 Å². The van der Waals surface area contributed by atoms with Crippen molar-refractivity contribution in [2.45, 2.75) is 108 Å². The number of alkyl halides is 3. The van der Waals surface area contributed by atoms with Crippen LogP contribution in [-0.4, -0.2) is 55.2 Å². The van der Waals surface area contributed by atoms with Gasteiger partial charge in [0.2, 0.25) is 0 Å². The van der Waals surface area contributed by atoms with Crippen molar-refractivity contribution >= 4 is 11.6 Å². The number of ether oxygens (including phenoxy) is 2. The van der Waals surface area contributed by atoms with E-state index < -0.39 is 18.0 Å². The third-order valence-corrected chi connectivity index (χ3v) is 15.2. The minimum atomic E-state index is -4.54. The van der Waals surface area contributed by atoms with Gasteiger partial charge in [-0.3, -0.25) is 10.2 Å². The van der Waals surface area contributed by atoms with Crippen molar-refractivity contribution < 1.29 is 27.8 Å². The average molecular weight is 858 g/mol. The Labute approximate surface area is 366 Å². The second kappa shape index (κ2) is 20.9. The summed E-state index contributed by atoms with van der Waals surface area (Å²) < 4.78 is 54.1. The molecule has 4 aliphatic rings. The van der Waals surface area contributed by atoms with Gasteiger partial charge in [0.15, 0.2) is 0 Å². The van der Waals surface area contributed by atoms with Crippen LogP contribution in [0.2, 0.25) is 5.02 Å². The fourth-order valence-electron chi connectivity index (χ4n) is 12.0. The highest BCUT2D eigenvalue weighted by Crippen LogP contribution is 2.58. The highest BCUT2D eigenvalue weighted by Gasteiger charge is 2.49. The van der Waals surface area contributed by atoms with Gasteiger partial charge in [-0.1, -0.05) is 109 Å². The average Bonchev–Trinajstić information content (AvgIpc) is 3.76. The Balaban J connectivity index is 0.802. The van der Waals surface area contributed by atoms with E-state index in [0.717, 1.165) is 58.3 Å². The molecular formula is C52H64ClF3N2O3. The number of aliphatic hydroxyl groups excluding tert-OH is 1. The predicted octanol–water partition coefficient (Wildman–Crippen LogP) is 12.0. The van der Waals surface area contributed by atoms with Gasteiger partial charge in [-0.2, -0.15) is 13.2 Å². The number of benzene rings is 4. The smallest absolute Gasteiger partial charge is 0.417 e. The molecular weight excluding hydrogens is 793 g/mol. The first-order valence-corrected chi connectivity index (χ1v) is 23.5. The molecule has 0 saturated heterocycles. The standard InChI is InChI=1S/C52H64ClF3N2O3/c53-51-41(17-9-20-49(51)52(54,55)56)34-58(35-48(37-12-3-1-4-13-37)38-14-5-2-6-15-38)28-10-29-60-42-18-7-11-36(31-42)32-50(59)57-27-30-61-43-23-26-45-40(33-43)22-25-46-44-19-8-16-39(44)21-24-47(45)46/h1-7,9,11-15,17-18,20,31,39-40,43-48,50,57,59H,8,10,16,19,21-30,32-35H2. The predicted molar refractivity (Wildman–Crippen MR) is 238 cm³/mol. The van der Waals surface area contributed by atoms with E-state index in [1.165, 1.54) is 70.3 Å². The number of hydrogen-bond donors (Lipinski definition) is 2. The quantitative estimate of drug-likeness (QED) is 0.0771. The van der Waals surface area contributed by atoms with Crippen LogP contribution in [0, 0.1) is 35.5 Å². The van der Waals surface area contributed by atoms with E-state index in [4.69, 9.17) is 21.1 Å². The van der Waals surface area contributed by atoms with Crippen molar-refractivity contribution in [1.82, 2.24) is 10.2 Å². The van der Waals surface area contributed by atoms with E-state index in [9.17, 15) is 18.3 Å². The molecule has 0 aromatic heterocycles. The van der Waals surface area contributed by atoms with Gasteiger partial charge in [-0.05, 0) is 134 Å². The number of nitrogens with one attached hydrogen (secondary N) is 1. The van der Waals surface area contributed by atoms with Gasteiger partial charge in [0.05, 0.1) is 29.9 Å². The van der Waals surface area contributed by atoms with Crippen molar-refractivity contribution in [1.29, 1.82) is 0 Å². The number of aliphatic hydroxyl groups is 1. The molecule has 4 aromatic rings. The van der Waals surface area contributed by atoms with Gasteiger partial charge >= 0.3 is 6.18 Å². The van der Waals surface area contributed by atoms with Crippen LogP contribution in [0.5, 0.6) is 5.75 Å². The number of halogens is 4. The molecule has 328 valence electrons. The Hall–Kier alpha value is -3.40. The first kappa shape index (κ1) is 44.2. The van der Waals surface area contributed by atoms with Gasteiger partial charge in [-0.25, -0.2) is 0 Å². The highest BCUT2D eigenvalue weighted by molar-refractivity contribution is 6.32. The summed E-state index contributed by atoms with van der Waals surface area (Å²) in [5.74, 6) is 6.52. The summed E-state index contributed by atoms with van der Waals surface area (Å²) in [4.78, 5) is 2.17. The van der Waals surface area contributed by atoms with Crippen molar-refractivity contribution in [3.05, 3.63) is 136 Å². The van der Waals surface area contributed by atoms with Crippen molar-refractivity contribution in [2.75, 3.05) is 32.8 Å². The summed E-state index contributed by atoms with van der Waals surface area (Å²) in [5.41, 5.74) is 2.85. The minimum Gasteiger partial charge on any atom is -0.494 e. The zero-order chi connectivity index (χ0) is 42.2. The first-order chi connectivity index (χ1) is 29.7. The lowest BCUT2D eigenvalue weighted by molar-refractivity contribution is -0.137. The molecule has 9 heteroatoms. The van der Waals surface area contributed by atoms with Gasteiger partial charge in [-0.15, -0.1) is 0 Å². The minimum absolute atomic E-state index is 0.00285. The summed E-state index contributed by atoms with van der Waals surface area (Å²) in [6.07, 6.45) is 10.2. The molecule has 4 aliphatic carbocycles. The van der Waals surface area contributed by atoms with Crippen LogP contribution >= 0.6 is 11.6 Å². The van der Waals surface area contributed by atoms with E-state index in [1.807, 2.05) is 60.7 Å². The van der Waals surface area contributed by atoms with Crippen LogP contribution in [-0.2, 0) is 23.9 Å². The third kappa shape index (κ3) is 11.4. The van der Waals surface area contributed by atoms with E-state index in [0.29, 0.717) is 63.1 Å². The first-order valence-electron chi connectivity index (χ1n) is 23.1. The van der Waals surface area contributed by atoms with Crippen LogP contribution in [0.15, 0.2) is 103 Å². The summed E-state index contributed by atoms with van der Waals surface area (Å²) in [7, 11) is 0. The molecule has 0 radical (unpaired) electrons. The molecule has 4 fully saturated rings. The van der Waals surface area contributed by atoms with E-state index in [2.05, 4.69) is 34.5 Å². The molecule has 0 spiro atoms. The lowest BCUT2D eigenvalue weighted by atomic mass is 9.53. The van der Waals surface area contributed by atoms with Crippen LogP contribution < -0.4 is 10.1 Å². The summed E-state index contributed by atoms with van der Waals surface area (Å²) >= 11 is 6.42. The Morgan fingerprint density at radius 2 is 1.43 bits per heavy atom. The fraction of sp³-hybridized carbons (Fsp3) is 0.538. The maximum absolute atomic E-state index is 13.8. The lowest BCUT2D eigenvalue weighted by Crippen LogP contribution is -2.45. The molecule has 8 unspecified atom stereocenters. The van der Waals surface area contributed by atoms with Gasteiger partial charge in [0.25, 0.3) is 0 Å². The van der Waals surface area contributed by atoms with Crippen LogP contribution in [0.25, 0.3) is 0 Å². The Morgan fingerprint density at radius 1 is 0.738 bits per heavy atom. The van der Waals surface area contributed by atoms with Crippen LogP contribution in [0.4, 0.5) is 13.2 Å². The van der Waals surface area contributed by atoms with Gasteiger partial charge in [0, 0.05) is 38.5 Å². The molecule has 61 heavy (non-hydrogen) atoms. The largest absolute Gasteiger partial charge is 0.494 e. The summed E-state index contributed by atoms with van der Waals surface area (Å²) in [5, 5.41) is 13.9. The van der Waals surface area contributed by atoms with Gasteiger partial charge in [0.1, 0.15) is 12.0 Å². The van der Waals surface area contributed by atoms with Crippen molar-refractivity contribution in [3.63, 3.8) is 0 Å². The Kier molecular flexibility index (Phi) is 15.1. The van der Waals surface area contributed by atoms with Crippen LogP contribution in [0.3, 0.4) is 0 Å². The van der Waals surface area contributed by atoms with E-state index in [1.54, 1.807) is 6.07 Å². The molecule has 4 aromatic carbocycles. The SMILES string of the molecule is OC(Cc1cccc(OCCCN(Cc2cccc(C(F)(F)F)c2Cl)CC(c2ccccc2)c2ccccc2)c1)NCCOC1CCC2C(CCC3C4CCCC4CCC23)C1.